The lowest BCUT2D eigenvalue weighted by molar-refractivity contribution is 0.413. The minimum absolute atomic E-state index is 0.0278. The summed E-state index contributed by atoms with van der Waals surface area (Å²) in [4.78, 5) is 0. The van der Waals surface area contributed by atoms with Crippen LogP contribution in [-0.4, -0.2) is 7.11 Å². The molecule has 0 saturated heterocycles. The first kappa shape index (κ1) is 16.1. The first-order chi connectivity index (χ1) is 10.0. The van der Waals surface area contributed by atoms with Crippen LogP contribution < -0.4 is 10.1 Å². The summed E-state index contributed by atoms with van der Waals surface area (Å²) in [7, 11) is 1.60. The van der Waals surface area contributed by atoms with E-state index in [-0.39, 0.29) is 11.9 Å². The lowest BCUT2D eigenvalue weighted by Gasteiger charge is -2.21. The number of benzene rings is 2. The maximum Gasteiger partial charge on any atom is 0.156 e. The highest BCUT2D eigenvalue weighted by molar-refractivity contribution is 9.10. The molecule has 2 rings (SSSR count). The second kappa shape index (κ2) is 7.14. The summed E-state index contributed by atoms with van der Waals surface area (Å²) < 4.78 is 19.6. The Kier molecular flexibility index (Phi) is 5.48. The Balaban J connectivity index is 2.35. The van der Waals surface area contributed by atoms with Gasteiger partial charge in [-0.15, -0.1) is 0 Å². The van der Waals surface area contributed by atoms with Crippen molar-refractivity contribution in [1.29, 1.82) is 0 Å². The van der Waals surface area contributed by atoms with Crippen molar-refractivity contribution in [3.8, 4) is 5.75 Å². The number of rotatable bonds is 5. The van der Waals surface area contributed by atoms with E-state index in [9.17, 15) is 4.39 Å². The van der Waals surface area contributed by atoms with E-state index in [1.165, 1.54) is 12.1 Å². The van der Waals surface area contributed by atoms with Gasteiger partial charge in [-0.25, -0.2) is 4.39 Å². The molecule has 0 amide bonds. The summed E-state index contributed by atoms with van der Waals surface area (Å²) in [5.41, 5.74) is 1.66. The summed E-state index contributed by atoms with van der Waals surface area (Å²) in [6.07, 6.45) is 0.802. The van der Waals surface area contributed by atoms with Gasteiger partial charge in [-0.1, -0.05) is 30.7 Å². The van der Waals surface area contributed by atoms with Crippen molar-refractivity contribution in [3.63, 3.8) is 0 Å². The molecule has 0 aliphatic rings. The van der Waals surface area contributed by atoms with Crippen LogP contribution in [0.3, 0.4) is 0 Å². The molecular formula is C16H16BrClFNO. The van der Waals surface area contributed by atoms with E-state index in [0.717, 1.165) is 22.1 Å². The molecule has 1 atom stereocenters. The van der Waals surface area contributed by atoms with Crippen molar-refractivity contribution in [3.05, 3.63) is 57.3 Å². The number of methoxy groups -OCH3 is 1. The molecule has 0 fully saturated rings. The number of hydrogen-bond acceptors (Lipinski definition) is 2. The van der Waals surface area contributed by atoms with Crippen LogP contribution in [0.5, 0.6) is 5.75 Å². The molecule has 0 radical (unpaired) electrons. The third-order valence-electron chi connectivity index (χ3n) is 3.20. The maximum atomic E-state index is 13.4. The van der Waals surface area contributed by atoms with Crippen molar-refractivity contribution in [2.24, 2.45) is 0 Å². The fourth-order valence-electron chi connectivity index (χ4n) is 2.21. The number of ether oxygens (including phenoxy) is 1. The lowest BCUT2D eigenvalue weighted by atomic mass is 10.0. The van der Waals surface area contributed by atoms with Crippen LogP contribution in [0.2, 0.25) is 5.02 Å². The van der Waals surface area contributed by atoms with E-state index in [1.807, 2.05) is 13.0 Å². The molecule has 0 aromatic heterocycles. The monoisotopic (exact) mass is 371 g/mol. The quantitative estimate of drug-likeness (QED) is 0.714. The minimum atomic E-state index is -0.244. The van der Waals surface area contributed by atoms with Gasteiger partial charge in [0.2, 0.25) is 0 Å². The van der Waals surface area contributed by atoms with Gasteiger partial charge < -0.3 is 10.1 Å². The minimum Gasteiger partial charge on any atom is -0.493 e. The fraction of sp³-hybridized carbons (Fsp3) is 0.250. The van der Waals surface area contributed by atoms with Crippen LogP contribution in [0.4, 0.5) is 10.1 Å². The molecule has 5 heteroatoms. The van der Waals surface area contributed by atoms with Gasteiger partial charge in [-0.3, -0.25) is 0 Å². The van der Waals surface area contributed by atoms with Crippen LogP contribution in [0.15, 0.2) is 40.9 Å². The summed E-state index contributed by atoms with van der Waals surface area (Å²) >= 11 is 9.52. The van der Waals surface area contributed by atoms with Gasteiger partial charge in [-0.05, 0) is 52.2 Å². The van der Waals surface area contributed by atoms with Crippen molar-refractivity contribution in [2.45, 2.75) is 19.4 Å². The number of hydrogen-bond donors (Lipinski definition) is 1. The summed E-state index contributed by atoms with van der Waals surface area (Å²) in [6.45, 7) is 2.04. The zero-order chi connectivity index (χ0) is 15.4. The van der Waals surface area contributed by atoms with Crippen molar-refractivity contribution < 1.29 is 9.13 Å². The zero-order valence-corrected chi connectivity index (χ0v) is 14.1. The molecule has 21 heavy (non-hydrogen) atoms. The lowest BCUT2D eigenvalue weighted by Crippen LogP contribution is -2.11. The maximum absolute atomic E-state index is 13.4. The largest absolute Gasteiger partial charge is 0.493 e. The average molecular weight is 373 g/mol. The van der Waals surface area contributed by atoms with Gasteiger partial charge in [0.1, 0.15) is 5.82 Å². The van der Waals surface area contributed by atoms with Gasteiger partial charge >= 0.3 is 0 Å². The second-order valence-corrected chi connectivity index (χ2v) is 5.92. The van der Waals surface area contributed by atoms with E-state index in [1.54, 1.807) is 25.3 Å². The molecule has 2 nitrogen and oxygen atoms in total. The molecule has 1 unspecified atom stereocenters. The van der Waals surface area contributed by atoms with Crippen LogP contribution in [0.25, 0.3) is 0 Å². The first-order valence-electron chi connectivity index (χ1n) is 6.60. The molecule has 2 aromatic carbocycles. The normalized spacial score (nSPS) is 12.0. The SMILES string of the molecule is CCC(Nc1cc(Cl)cc(Br)c1OC)c1cccc(F)c1. The molecule has 0 aliphatic heterocycles. The van der Waals surface area contributed by atoms with Crippen molar-refractivity contribution >= 4 is 33.2 Å². The van der Waals surface area contributed by atoms with Crippen molar-refractivity contribution in [2.75, 3.05) is 12.4 Å². The predicted molar refractivity (Wildman–Crippen MR) is 88.8 cm³/mol. The Morgan fingerprint density at radius 3 is 2.71 bits per heavy atom. The number of halogens is 3. The Morgan fingerprint density at radius 1 is 1.33 bits per heavy atom. The molecule has 2 aromatic rings. The van der Waals surface area contributed by atoms with E-state index in [2.05, 4.69) is 21.2 Å². The van der Waals surface area contributed by atoms with Gasteiger partial charge in [0.25, 0.3) is 0 Å². The van der Waals surface area contributed by atoms with Gasteiger partial charge in [0, 0.05) is 5.02 Å². The third kappa shape index (κ3) is 3.89. The molecule has 0 aliphatic carbocycles. The molecule has 0 spiro atoms. The van der Waals surface area contributed by atoms with Crippen molar-refractivity contribution in [1.82, 2.24) is 0 Å². The smallest absolute Gasteiger partial charge is 0.156 e. The summed E-state index contributed by atoms with van der Waals surface area (Å²) in [6, 6.07) is 10.1. The highest BCUT2D eigenvalue weighted by Crippen LogP contribution is 2.38. The Bertz CT molecular complexity index is 636. The summed E-state index contributed by atoms with van der Waals surface area (Å²) in [5.74, 6) is 0.432. The first-order valence-corrected chi connectivity index (χ1v) is 7.77. The molecule has 0 heterocycles. The second-order valence-electron chi connectivity index (χ2n) is 4.63. The predicted octanol–water partition coefficient (Wildman–Crippen LogP) is 5.81. The standard InChI is InChI=1S/C16H16BrClFNO/c1-3-14(10-5-4-6-12(19)7-10)20-15-9-11(18)8-13(17)16(15)21-2/h4-9,14,20H,3H2,1-2H3. The number of nitrogens with one attached hydrogen (secondary N) is 1. The highest BCUT2D eigenvalue weighted by Gasteiger charge is 2.15. The average Bonchev–Trinajstić information content (AvgIpc) is 2.44. The van der Waals surface area contributed by atoms with Gasteiger partial charge in [0.15, 0.2) is 5.75 Å². The Labute approximate surface area is 137 Å². The zero-order valence-electron chi connectivity index (χ0n) is 11.8. The van der Waals surface area contributed by atoms with Crippen LogP contribution in [0.1, 0.15) is 24.9 Å². The van der Waals surface area contributed by atoms with E-state index in [4.69, 9.17) is 16.3 Å². The topological polar surface area (TPSA) is 21.3 Å². The molecule has 1 N–H and O–H groups in total. The van der Waals surface area contributed by atoms with Crippen LogP contribution in [0, 0.1) is 5.82 Å². The molecule has 0 bridgehead atoms. The third-order valence-corrected chi connectivity index (χ3v) is 4.01. The number of anilines is 1. The van der Waals surface area contributed by atoms with E-state index >= 15 is 0 Å². The fourth-order valence-corrected chi connectivity index (χ4v) is 3.18. The van der Waals surface area contributed by atoms with Gasteiger partial charge in [0.05, 0.1) is 23.3 Å². The van der Waals surface area contributed by atoms with E-state index in [0.29, 0.717) is 10.8 Å². The Morgan fingerprint density at radius 2 is 2.10 bits per heavy atom. The molecule has 112 valence electrons. The molecular weight excluding hydrogens is 357 g/mol. The van der Waals surface area contributed by atoms with E-state index < -0.39 is 0 Å². The Hall–Kier alpha value is -1.26. The van der Waals surface area contributed by atoms with Crippen LogP contribution >= 0.6 is 27.5 Å². The van der Waals surface area contributed by atoms with Crippen LogP contribution in [-0.2, 0) is 0 Å². The van der Waals surface area contributed by atoms with Gasteiger partial charge in [-0.2, -0.15) is 0 Å². The highest BCUT2D eigenvalue weighted by atomic mass is 79.9. The summed E-state index contributed by atoms with van der Waals surface area (Å²) in [5, 5.41) is 3.96. The molecule has 0 saturated carbocycles.